The van der Waals surface area contributed by atoms with E-state index < -0.39 is 12.1 Å². The van der Waals surface area contributed by atoms with E-state index in [2.05, 4.69) is 0 Å². The first-order valence-electron chi connectivity index (χ1n) is 2.03. The number of aliphatic hydroxyl groups is 1. The van der Waals surface area contributed by atoms with Crippen molar-refractivity contribution in [2.75, 3.05) is 6.54 Å². The number of hydrogen-bond donors (Lipinski definition) is 4. The first-order chi connectivity index (χ1) is 3.68. The Balaban J connectivity index is -0.000000245. The molecule has 1 unspecified atom stereocenters. The van der Waals surface area contributed by atoms with E-state index in [0.717, 1.165) is 0 Å². The summed E-state index contributed by atoms with van der Waals surface area (Å²) >= 11 is 0. The molecule has 0 aliphatic rings. The first kappa shape index (κ1) is 12.6. The average molecular weight is 160 g/mol. The van der Waals surface area contributed by atoms with Gasteiger partial charge >= 0.3 is 57.4 Å². The molecule has 0 amide bonds. The monoisotopic (exact) mass is 160 g/mol. The second-order valence-electron chi connectivity index (χ2n) is 1.26. The Labute approximate surface area is 96.5 Å². The molecule has 5 nitrogen and oxygen atoms in total. The van der Waals surface area contributed by atoms with Crippen molar-refractivity contribution in [3.8, 4) is 0 Å². The summed E-state index contributed by atoms with van der Waals surface area (Å²) in [4.78, 5) is 9.74. The Bertz CT molecular complexity index is 93.8. The van der Waals surface area contributed by atoms with Gasteiger partial charge in [0, 0.05) is 6.54 Å². The maximum atomic E-state index is 9.74. The molecule has 0 saturated carbocycles. The number of nitrogens with two attached hydrogens (primary N) is 1. The minimum atomic E-state index is -1.40. The Hall–Kier alpha value is 0.986. The molecule has 0 spiro atoms. The van der Waals surface area contributed by atoms with Gasteiger partial charge in [-0.15, -0.1) is 0 Å². The number of aliphatic hydroxyl groups excluding tert-OH is 1. The summed E-state index contributed by atoms with van der Waals surface area (Å²) in [6.45, 7) is -0.130. The fourth-order valence-electron chi connectivity index (χ4n) is 0.199. The predicted molar refractivity (Wildman–Crippen MR) is 26.9 cm³/mol. The van der Waals surface area contributed by atoms with E-state index >= 15 is 0 Å². The summed E-state index contributed by atoms with van der Waals surface area (Å²) in [5.74, 6) is 3.42. The number of carboxylic acid groups (broad SMARTS) is 1. The number of rotatable bonds is 3. The fourth-order valence-corrected chi connectivity index (χ4v) is 0.199. The van der Waals surface area contributed by atoms with Gasteiger partial charge in [-0.2, -0.15) is 0 Å². The van der Waals surface area contributed by atoms with Crippen LogP contribution in [-0.2, 0) is 4.79 Å². The summed E-state index contributed by atoms with van der Waals surface area (Å²) in [6, 6.07) is 0. The van der Waals surface area contributed by atoms with Gasteiger partial charge in [0.05, 0.1) is 0 Å². The maximum absolute atomic E-state index is 9.74. The van der Waals surface area contributed by atoms with Crippen LogP contribution in [0.1, 0.15) is 1.43 Å². The molecule has 0 bridgehead atoms. The Morgan fingerprint density at radius 1 is 1.89 bits per heavy atom. The van der Waals surface area contributed by atoms with E-state index in [1.165, 1.54) is 0 Å². The van der Waals surface area contributed by atoms with Gasteiger partial charge in [-0.05, 0) is 0 Å². The molecule has 0 aromatic rings. The van der Waals surface area contributed by atoms with Crippen LogP contribution in [0.2, 0.25) is 0 Å². The zero-order valence-corrected chi connectivity index (χ0v) is 8.29. The van der Waals surface area contributed by atoms with Crippen LogP contribution in [0.5, 0.6) is 0 Å². The summed E-state index contributed by atoms with van der Waals surface area (Å²) in [7, 11) is 0. The van der Waals surface area contributed by atoms with Gasteiger partial charge in [0.2, 0.25) is 0 Å². The molecule has 9 heavy (non-hydrogen) atoms. The van der Waals surface area contributed by atoms with Crippen molar-refractivity contribution in [1.29, 1.82) is 0 Å². The molecule has 1 atom stereocenters. The quantitative estimate of drug-likeness (QED) is 0.188. The number of hydrogen-bond acceptors (Lipinski definition) is 4. The molecule has 0 rings (SSSR count). The van der Waals surface area contributed by atoms with Gasteiger partial charge < -0.3 is 11.6 Å². The number of carboxylic acids is 1. The number of carbonyl (C=O) groups is 1. The molecule has 5 N–H and O–H groups in total. The van der Waals surface area contributed by atoms with Crippen LogP contribution >= 0.6 is 0 Å². The van der Waals surface area contributed by atoms with Crippen molar-refractivity contribution in [2.45, 2.75) is 6.10 Å². The van der Waals surface area contributed by atoms with Gasteiger partial charge in [-0.3, -0.25) is 11.3 Å². The normalized spacial score (nSPS) is 11.8. The van der Waals surface area contributed by atoms with Gasteiger partial charge in [0.25, 0.3) is 0 Å². The van der Waals surface area contributed by atoms with E-state index in [4.69, 9.17) is 16.1 Å². The van der Waals surface area contributed by atoms with E-state index in [1.807, 2.05) is 5.43 Å². The summed E-state index contributed by atoms with van der Waals surface area (Å²) in [5, 5.41) is 16.4. The number of aliphatic carboxylic acids is 1. The van der Waals surface area contributed by atoms with Crippen molar-refractivity contribution in [3.63, 3.8) is 0 Å². The zero-order chi connectivity index (χ0) is 6.57. The van der Waals surface area contributed by atoms with E-state index in [-0.39, 0.29) is 59.4 Å². The Kier molecular flexibility index (Phi) is 9.97. The molecule has 0 radical (unpaired) electrons. The van der Waals surface area contributed by atoms with Crippen LogP contribution < -0.4 is 62.7 Å². The van der Waals surface area contributed by atoms with Gasteiger partial charge in [0.15, 0.2) is 6.10 Å². The van der Waals surface area contributed by atoms with Crippen LogP contribution in [-0.4, -0.2) is 28.8 Å². The van der Waals surface area contributed by atoms with Crippen molar-refractivity contribution in [2.24, 2.45) is 5.84 Å². The third-order valence-electron chi connectivity index (χ3n) is 0.596. The van der Waals surface area contributed by atoms with Gasteiger partial charge in [0.1, 0.15) is 0 Å². The van der Waals surface area contributed by atoms with E-state index in [9.17, 15) is 4.79 Å². The number of hydrazine groups is 1. The van der Waals surface area contributed by atoms with Gasteiger partial charge in [-0.1, -0.05) is 0 Å². The van der Waals surface area contributed by atoms with Crippen LogP contribution in [0.4, 0.5) is 0 Å². The largest absolute Gasteiger partial charge is 1.00 e. The molecule has 0 aromatic heterocycles. The topological polar surface area (TPSA) is 95.6 Å². The van der Waals surface area contributed by atoms with Crippen molar-refractivity contribution in [1.82, 2.24) is 5.43 Å². The minimum Gasteiger partial charge on any atom is -1.00 e. The smallest absolute Gasteiger partial charge is 1.00 e. The molecule has 0 fully saturated rings. The number of nitrogens with one attached hydrogen (secondary N) is 1. The van der Waals surface area contributed by atoms with E-state index in [0.29, 0.717) is 0 Å². The summed E-state index contributed by atoms with van der Waals surface area (Å²) in [5.41, 5.74) is 2.02. The predicted octanol–water partition coefficient (Wildman–Crippen LogP) is -4.99. The second kappa shape index (κ2) is 7.10. The second-order valence-corrected chi connectivity index (χ2v) is 1.26. The Morgan fingerprint density at radius 3 is 2.44 bits per heavy atom. The molecule has 0 saturated heterocycles. The third-order valence-corrected chi connectivity index (χ3v) is 0.596. The summed E-state index contributed by atoms with van der Waals surface area (Å²) < 4.78 is 0. The van der Waals surface area contributed by atoms with E-state index in [1.54, 1.807) is 0 Å². The molecule has 0 aliphatic heterocycles. The Morgan fingerprint density at radius 2 is 2.33 bits per heavy atom. The molecule has 6 heteroatoms. The SMILES string of the molecule is NNCC(O)C(=O)O.[H-].[K+]. The van der Waals surface area contributed by atoms with Crippen LogP contribution in [0.25, 0.3) is 0 Å². The van der Waals surface area contributed by atoms with Crippen LogP contribution in [0.3, 0.4) is 0 Å². The average Bonchev–Trinajstić information content (AvgIpc) is 1.67. The third kappa shape index (κ3) is 6.88. The van der Waals surface area contributed by atoms with Crippen molar-refractivity contribution >= 4 is 5.97 Å². The fraction of sp³-hybridized carbons (Fsp3) is 0.667. The van der Waals surface area contributed by atoms with Crippen molar-refractivity contribution < 1.29 is 67.8 Å². The first-order valence-corrected chi connectivity index (χ1v) is 2.03. The standard InChI is InChI=1S/C3H8N2O3.K.H/c4-5-1-2(6)3(7)8;;/h2,5-6H,1,4H2,(H,7,8);;/q;+1;-1. The molecular formula is C3H9KN2O3. The molecule has 0 aromatic carbocycles. The minimum absolute atomic E-state index is 0. The van der Waals surface area contributed by atoms with Crippen molar-refractivity contribution in [3.05, 3.63) is 0 Å². The molecule has 50 valence electrons. The zero-order valence-electron chi connectivity index (χ0n) is 6.16. The molecule has 0 heterocycles. The summed E-state index contributed by atoms with van der Waals surface area (Å²) in [6.07, 6.45) is -1.40. The van der Waals surface area contributed by atoms with Crippen LogP contribution in [0.15, 0.2) is 0 Å². The van der Waals surface area contributed by atoms with Gasteiger partial charge in [-0.25, -0.2) is 4.79 Å². The van der Waals surface area contributed by atoms with Crippen LogP contribution in [0, 0.1) is 0 Å². The molecular weight excluding hydrogens is 151 g/mol. The molecule has 0 aliphatic carbocycles. The maximum Gasteiger partial charge on any atom is 1.00 e.